The van der Waals surface area contributed by atoms with Gasteiger partial charge in [-0.05, 0) is 59.8 Å². The Morgan fingerprint density at radius 2 is 2.00 bits per heavy atom. The molecule has 18 heavy (non-hydrogen) atoms. The van der Waals surface area contributed by atoms with E-state index in [1.807, 2.05) is 0 Å². The molecule has 98 valence electrons. The summed E-state index contributed by atoms with van der Waals surface area (Å²) >= 11 is 9.27. The Morgan fingerprint density at radius 3 is 2.67 bits per heavy atom. The van der Waals surface area contributed by atoms with Crippen LogP contribution in [0.2, 0.25) is 0 Å². The van der Waals surface area contributed by atoms with Crippen molar-refractivity contribution in [1.82, 2.24) is 5.32 Å². The number of carbonyl (C=O) groups is 1. The van der Waals surface area contributed by atoms with Crippen LogP contribution in [-0.2, 0) is 0 Å². The SMILES string of the molecule is O=C(NC1CCC(Cl)CC1)c1cc(F)ccc1Br. The van der Waals surface area contributed by atoms with E-state index in [9.17, 15) is 9.18 Å². The van der Waals surface area contributed by atoms with Crippen molar-refractivity contribution in [3.05, 3.63) is 34.1 Å². The van der Waals surface area contributed by atoms with E-state index < -0.39 is 5.82 Å². The average Bonchev–Trinajstić information content (AvgIpc) is 2.35. The highest BCUT2D eigenvalue weighted by Gasteiger charge is 2.22. The van der Waals surface area contributed by atoms with Gasteiger partial charge < -0.3 is 5.32 Å². The minimum Gasteiger partial charge on any atom is -0.349 e. The summed E-state index contributed by atoms with van der Waals surface area (Å²) in [6.45, 7) is 0. The number of alkyl halides is 1. The van der Waals surface area contributed by atoms with Crippen LogP contribution in [0, 0.1) is 5.82 Å². The molecule has 0 radical (unpaired) electrons. The highest BCUT2D eigenvalue weighted by atomic mass is 79.9. The third-order valence-electron chi connectivity index (χ3n) is 3.16. The lowest BCUT2D eigenvalue weighted by molar-refractivity contribution is 0.0926. The second-order valence-electron chi connectivity index (χ2n) is 4.55. The molecule has 0 spiro atoms. The number of halogens is 3. The van der Waals surface area contributed by atoms with E-state index in [0.717, 1.165) is 25.7 Å². The lowest BCUT2D eigenvalue weighted by atomic mass is 9.95. The van der Waals surface area contributed by atoms with Crippen molar-refractivity contribution in [3.8, 4) is 0 Å². The van der Waals surface area contributed by atoms with Crippen LogP contribution in [0.1, 0.15) is 36.0 Å². The van der Waals surface area contributed by atoms with E-state index >= 15 is 0 Å². The van der Waals surface area contributed by atoms with Crippen LogP contribution in [0.3, 0.4) is 0 Å². The second-order valence-corrected chi connectivity index (χ2v) is 6.02. The van der Waals surface area contributed by atoms with Crippen molar-refractivity contribution in [1.29, 1.82) is 0 Å². The van der Waals surface area contributed by atoms with Gasteiger partial charge in [0.15, 0.2) is 0 Å². The zero-order chi connectivity index (χ0) is 13.1. The molecular weight excluding hydrogens is 321 g/mol. The summed E-state index contributed by atoms with van der Waals surface area (Å²) in [7, 11) is 0. The first-order chi connectivity index (χ1) is 8.56. The van der Waals surface area contributed by atoms with Gasteiger partial charge in [-0.15, -0.1) is 11.6 Å². The Balaban J connectivity index is 2.01. The first-order valence-electron chi connectivity index (χ1n) is 5.96. The van der Waals surface area contributed by atoms with Crippen LogP contribution in [0.25, 0.3) is 0 Å². The van der Waals surface area contributed by atoms with Gasteiger partial charge >= 0.3 is 0 Å². The molecule has 1 N–H and O–H groups in total. The van der Waals surface area contributed by atoms with Crippen molar-refractivity contribution in [2.24, 2.45) is 0 Å². The van der Waals surface area contributed by atoms with Gasteiger partial charge in [-0.2, -0.15) is 0 Å². The van der Waals surface area contributed by atoms with Gasteiger partial charge in [0.05, 0.1) is 5.56 Å². The van der Waals surface area contributed by atoms with Crippen molar-refractivity contribution in [2.45, 2.75) is 37.1 Å². The molecule has 0 unspecified atom stereocenters. The normalized spacial score (nSPS) is 23.7. The van der Waals surface area contributed by atoms with E-state index in [1.165, 1.54) is 12.1 Å². The van der Waals surface area contributed by atoms with Crippen molar-refractivity contribution >= 4 is 33.4 Å². The molecule has 0 aliphatic heterocycles. The fourth-order valence-corrected chi connectivity index (χ4v) is 2.81. The summed E-state index contributed by atoms with van der Waals surface area (Å²) in [5, 5.41) is 3.15. The molecule has 0 bridgehead atoms. The van der Waals surface area contributed by atoms with E-state index in [1.54, 1.807) is 6.07 Å². The summed E-state index contributed by atoms with van der Waals surface area (Å²) in [6.07, 6.45) is 3.59. The fraction of sp³-hybridized carbons (Fsp3) is 0.462. The minimum atomic E-state index is -0.409. The third kappa shape index (κ3) is 3.45. The van der Waals surface area contributed by atoms with Crippen LogP contribution >= 0.6 is 27.5 Å². The highest BCUT2D eigenvalue weighted by Crippen LogP contribution is 2.24. The number of amides is 1. The zero-order valence-electron chi connectivity index (χ0n) is 9.76. The molecule has 0 heterocycles. The molecule has 2 rings (SSSR count). The molecule has 1 fully saturated rings. The number of hydrogen-bond donors (Lipinski definition) is 1. The molecule has 5 heteroatoms. The smallest absolute Gasteiger partial charge is 0.252 e. The summed E-state index contributed by atoms with van der Waals surface area (Å²) in [6, 6.07) is 4.24. The quantitative estimate of drug-likeness (QED) is 0.817. The summed E-state index contributed by atoms with van der Waals surface area (Å²) in [5.41, 5.74) is 0.336. The van der Waals surface area contributed by atoms with Crippen molar-refractivity contribution in [2.75, 3.05) is 0 Å². The van der Waals surface area contributed by atoms with Crippen LogP contribution < -0.4 is 5.32 Å². The molecule has 1 amide bonds. The van der Waals surface area contributed by atoms with Crippen LogP contribution in [0.5, 0.6) is 0 Å². The Bertz CT molecular complexity index is 447. The Kier molecular flexibility index (Phi) is 4.62. The van der Waals surface area contributed by atoms with Gasteiger partial charge in [0.1, 0.15) is 5.82 Å². The molecule has 0 aromatic heterocycles. The highest BCUT2D eigenvalue weighted by molar-refractivity contribution is 9.10. The molecule has 1 aliphatic carbocycles. The number of nitrogens with one attached hydrogen (secondary N) is 1. The topological polar surface area (TPSA) is 29.1 Å². The molecule has 1 aromatic carbocycles. The number of rotatable bonds is 2. The van der Waals surface area contributed by atoms with Gasteiger partial charge in [0, 0.05) is 15.9 Å². The number of carbonyl (C=O) groups excluding carboxylic acids is 1. The molecule has 1 saturated carbocycles. The molecule has 1 aromatic rings. The Labute approximate surface area is 119 Å². The summed E-state index contributed by atoms with van der Waals surface area (Å²) in [5.74, 6) is -0.646. The molecule has 1 aliphatic rings. The van der Waals surface area contributed by atoms with Crippen molar-refractivity contribution < 1.29 is 9.18 Å². The monoisotopic (exact) mass is 333 g/mol. The van der Waals surface area contributed by atoms with Crippen LogP contribution in [-0.4, -0.2) is 17.3 Å². The lowest BCUT2D eigenvalue weighted by Crippen LogP contribution is -2.38. The standard InChI is InChI=1S/C13H14BrClFNO/c14-12-6-3-9(16)7-11(12)13(18)17-10-4-1-8(15)2-5-10/h3,6-8,10H,1-2,4-5H2,(H,17,18). The predicted molar refractivity (Wildman–Crippen MR) is 73.5 cm³/mol. The first-order valence-corrected chi connectivity index (χ1v) is 7.19. The van der Waals surface area contributed by atoms with Gasteiger partial charge in [-0.25, -0.2) is 4.39 Å². The second kappa shape index (κ2) is 6.02. The maximum atomic E-state index is 13.1. The zero-order valence-corrected chi connectivity index (χ0v) is 12.1. The van der Waals surface area contributed by atoms with Gasteiger partial charge in [0.25, 0.3) is 5.91 Å². The first kappa shape index (κ1) is 13.8. The van der Waals surface area contributed by atoms with E-state index in [2.05, 4.69) is 21.2 Å². The fourth-order valence-electron chi connectivity index (χ4n) is 2.13. The third-order valence-corrected chi connectivity index (χ3v) is 4.29. The maximum absolute atomic E-state index is 13.1. The Hall–Kier alpha value is -0.610. The molecule has 0 saturated heterocycles. The van der Waals surface area contributed by atoms with Gasteiger partial charge in [-0.1, -0.05) is 0 Å². The maximum Gasteiger partial charge on any atom is 0.252 e. The molecule has 2 nitrogen and oxygen atoms in total. The summed E-state index contributed by atoms with van der Waals surface area (Å²) < 4.78 is 13.7. The lowest BCUT2D eigenvalue weighted by Gasteiger charge is -2.26. The largest absolute Gasteiger partial charge is 0.349 e. The molecular formula is C13H14BrClFNO. The predicted octanol–water partition coefficient (Wildman–Crippen LogP) is 3.87. The van der Waals surface area contributed by atoms with E-state index in [4.69, 9.17) is 11.6 Å². The van der Waals surface area contributed by atoms with Gasteiger partial charge in [0.2, 0.25) is 0 Å². The summed E-state index contributed by atoms with van der Waals surface area (Å²) in [4.78, 5) is 12.0. The molecule has 0 atom stereocenters. The van der Waals surface area contributed by atoms with E-state index in [-0.39, 0.29) is 17.3 Å². The van der Waals surface area contributed by atoms with E-state index in [0.29, 0.717) is 10.0 Å². The number of benzene rings is 1. The van der Waals surface area contributed by atoms with Crippen LogP contribution in [0.15, 0.2) is 22.7 Å². The average molecular weight is 335 g/mol. The number of hydrogen-bond acceptors (Lipinski definition) is 1. The minimum absolute atomic E-state index is 0.141. The van der Waals surface area contributed by atoms with Crippen molar-refractivity contribution in [3.63, 3.8) is 0 Å². The Morgan fingerprint density at radius 1 is 1.33 bits per heavy atom. The van der Waals surface area contributed by atoms with Gasteiger partial charge in [-0.3, -0.25) is 4.79 Å². The van der Waals surface area contributed by atoms with Crippen LogP contribution in [0.4, 0.5) is 4.39 Å².